The second kappa shape index (κ2) is 6.56. The Kier molecular flexibility index (Phi) is 5.61. The number of hydrogen-bond acceptors (Lipinski definition) is 3. The lowest BCUT2D eigenvalue weighted by molar-refractivity contribution is -0.139. The second-order valence-electron chi connectivity index (χ2n) is 5.44. The zero-order valence-electron chi connectivity index (χ0n) is 11.2. The molecule has 1 aliphatic heterocycles. The van der Waals surface area contributed by atoms with Crippen LogP contribution in [0.15, 0.2) is 0 Å². The molecule has 7 heteroatoms. The van der Waals surface area contributed by atoms with Crippen LogP contribution in [0.25, 0.3) is 0 Å². The van der Waals surface area contributed by atoms with E-state index < -0.39 is 18.7 Å². The van der Waals surface area contributed by atoms with Gasteiger partial charge in [0.1, 0.15) is 0 Å². The van der Waals surface area contributed by atoms with Crippen molar-refractivity contribution in [2.75, 3.05) is 19.6 Å². The van der Waals surface area contributed by atoms with Crippen molar-refractivity contribution in [2.45, 2.75) is 44.9 Å². The minimum Gasteiger partial charge on any atom is -0.481 e. The highest BCUT2D eigenvalue weighted by molar-refractivity contribution is 5.67. The Morgan fingerprint density at radius 3 is 2.53 bits per heavy atom. The maximum Gasteiger partial charge on any atom is 0.401 e. The first-order valence-corrected chi connectivity index (χ1v) is 6.43. The van der Waals surface area contributed by atoms with Gasteiger partial charge in [0.25, 0.3) is 0 Å². The van der Waals surface area contributed by atoms with E-state index in [4.69, 9.17) is 5.11 Å². The number of nitrogens with one attached hydrogen (secondary N) is 1. The van der Waals surface area contributed by atoms with Gasteiger partial charge in [-0.05, 0) is 26.2 Å². The normalized spacial score (nSPS) is 25.8. The SMILES string of the molecule is CC(C)N1CC(CC(=O)O)CC(NCC(F)(F)F)C1. The molecule has 1 heterocycles. The van der Waals surface area contributed by atoms with Crippen LogP contribution in [0.5, 0.6) is 0 Å². The Morgan fingerprint density at radius 1 is 1.42 bits per heavy atom. The molecule has 1 rings (SSSR count). The lowest BCUT2D eigenvalue weighted by atomic mass is 9.90. The first-order chi connectivity index (χ1) is 8.67. The fraction of sp³-hybridized carbons (Fsp3) is 0.917. The lowest BCUT2D eigenvalue weighted by Crippen LogP contribution is -2.53. The van der Waals surface area contributed by atoms with Gasteiger partial charge in [-0.25, -0.2) is 0 Å². The predicted octanol–water partition coefficient (Wildman–Crippen LogP) is 1.71. The van der Waals surface area contributed by atoms with Gasteiger partial charge in [0.05, 0.1) is 6.54 Å². The number of hydrogen-bond donors (Lipinski definition) is 2. The molecule has 0 spiro atoms. The van der Waals surface area contributed by atoms with Crippen LogP contribution >= 0.6 is 0 Å². The molecule has 2 atom stereocenters. The minimum absolute atomic E-state index is 0.00736. The van der Waals surface area contributed by atoms with Gasteiger partial charge in [-0.3, -0.25) is 9.69 Å². The van der Waals surface area contributed by atoms with Gasteiger partial charge in [-0.1, -0.05) is 0 Å². The Morgan fingerprint density at radius 2 is 2.05 bits per heavy atom. The van der Waals surface area contributed by atoms with Crippen LogP contribution in [0, 0.1) is 5.92 Å². The third-order valence-corrected chi connectivity index (χ3v) is 3.35. The van der Waals surface area contributed by atoms with Gasteiger partial charge in [0.2, 0.25) is 0 Å². The van der Waals surface area contributed by atoms with Crippen LogP contribution in [0.2, 0.25) is 0 Å². The molecule has 0 radical (unpaired) electrons. The van der Waals surface area contributed by atoms with Gasteiger partial charge >= 0.3 is 12.1 Å². The maximum atomic E-state index is 12.2. The molecule has 1 aliphatic rings. The highest BCUT2D eigenvalue weighted by Gasteiger charge is 2.33. The summed E-state index contributed by atoms with van der Waals surface area (Å²) in [5, 5.41) is 11.3. The molecule has 0 amide bonds. The van der Waals surface area contributed by atoms with E-state index in [1.54, 1.807) is 0 Å². The van der Waals surface area contributed by atoms with Crippen molar-refractivity contribution in [1.29, 1.82) is 0 Å². The van der Waals surface area contributed by atoms with Crippen molar-refractivity contribution in [1.82, 2.24) is 10.2 Å². The molecule has 1 fully saturated rings. The van der Waals surface area contributed by atoms with Crippen LogP contribution in [0.3, 0.4) is 0 Å². The van der Waals surface area contributed by atoms with Crippen LogP contribution in [-0.4, -0.2) is 53.9 Å². The molecule has 0 aromatic rings. The second-order valence-corrected chi connectivity index (χ2v) is 5.44. The average molecular weight is 282 g/mol. The summed E-state index contributed by atoms with van der Waals surface area (Å²) < 4.78 is 36.6. The Balaban J connectivity index is 2.57. The summed E-state index contributed by atoms with van der Waals surface area (Å²) in [6, 6.07) is -0.103. The van der Waals surface area contributed by atoms with Gasteiger partial charge < -0.3 is 10.4 Å². The van der Waals surface area contributed by atoms with E-state index in [0.717, 1.165) is 0 Å². The minimum atomic E-state index is -4.23. The zero-order chi connectivity index (χ0) is 14.6. The molecule has 0 saturated carbocycles. The Labute approximate surface area is 111 Å². The van der Waals surface area contributed by atoms with Crippen LogP contribution in [0.1, 0.15) is 26.7 Å². The quantitative estimate of drug-likeness (QED) is 0.806. The van der Waals surface area contributed by atoms with E-state index in [9.17, 15) is 18.0 Å². The number of aliphatic carboxylic acids is 1. The monoisotopic (exact) mass is 282 g/mol. The van der Waals surface area contributed by atoms with Crippen molar-refractivity contribution in [3.8, 4) is 0 Å². The number of carboxylic acid groups (broad SMARTS) is 1. The lowest BCUT2D eigenvalue weighted by Gasteiger charge is -2.40. The number of halogens is 3. The fourth-order valence-electron chi connectivity index (χ4n) is 2.47. The van der Waals surface area contributed by atoms with E-state index in [1.807, 2.05) is 18.7 Å². The highest BCUT2D eigenvalue weighted by atomic mass is 19.4. The highest BCUT2D eigenvalue weighted by Crippen LogP contribution is 2.23. The molecular weight excluding hydrogens is 261 g/mol. The summed E-state index contributed by atoms with van der Waals surface area (Å²) in [5.41, 5.74) is 0. The van der Waals surface area contributed by atoms with Crippen molar-refractivity contribution >= 4 is 5.97 Å². The molecule has 0 aromatic heterocycles. The van der Waals surface area contributed by atoms with Gasteiger partial charge in [-0.15, -0.1) is 0 Å². The predicted molar refractivity (Wildman–Crippen MR) is 64.9 cm³/mol. The maximum absolute atomic E-state index is 12.2. The largest absolute Gasteiger partial charge is 0.481 e. The summed E-state index contributed by atoms with van der Waals surface area (Å²) in [6.45, 7) is 4.06. The van der Waals surface area contributed by atoms with Crippen molar-refractivity contribution < 1.29 is 23.1 Å². The van der Waals surface area contributed by atoms with E-state index in [1.165, 1.54) is 0 Å². The van der Waals surface area contributed by atoms with Gasteiger partial charge in [0, 0.05) is 31.6 Å². The molecule has 2 unspecified atom stereocenters. The summed E-state index contributed by atoms with van der Waals surface area (Å²) in [5.74, 6) is -0.996. The number of nitrogens with zero attached hydrogens (tertiary/aromatic N) is 1. The standard InChI is InChI=1S/C12H21F3N2O2/c1-8(2)17-5-9(4-11(18)19)3-10(6-17)16-7-12(13,14)15/h8-10,16H,3-7H2,1-2H3,(H,18,19). The van der Waals surface area contributed by atoms with Crippen LogP contribution in [-0.2, 0) is 4.79 Å². The summed E-state index contributed by atoms with van der Waals surface area (Å²) in [4.78, 5) is 12.8. The number of carbonyl (C=O) groups is 1. The van der Waals surface area contributed by atoms with Crippen molar-refractivity contribution in [3.05, 3.63) is 0 Å². The Bertz CT molecular complexity index is 308. The number of piperidine rings is 1. The van der Waals surface area contributed by atoms with Crippen LogP contribution in [0.4, 0.5) is 13.2 Å². The molecule has 19 heavy (non-hydrogen) atoms. The van der Waals surface area contributed by atoms with E-state index >= 15 is 0 Å². The summed E-state index contributed by atoms with van der Waals surface area (Å²) >= 11 is 0. The number of rotatable bonds is 5. The third kappa shape index (κ3) is 6.24. The molecule has 2 N–H and O–H groups in total. The fourth-order valence-corrected chi connectivity index (χ4v) is 2.47. The zero-order valence-corrected chi connectivity index (χ0v) is 11.2. The number of alkyl halides is 3. The molecule has 1 saturated heterocycles. The third-order valence-electron chi connectivity index (χ3n) is 3.35. The van der Waals surface area contributed by atoms with Crippen LogP contribution < -0.4 is 5.32 Å². The molecule has 0 bridgehead atoms. The number of likely N-dealkylation sites (tertiary alicyclic amines) is 1. The van der Waals surface area contributed by atoms with Crippen molar-refractivity contribution in [3.63, 3.8) is 0 Å². The summed E-state index contributed by atoms with van der Waals surface area (Å²) in [6.07, 6.45) is -3.75. The van der Waals surface area contributed by atoms with Crippen molar-refractivity contribution in [2.24, 2.45) is 5.92 Å². The first kappa shape index (κ1) is 16.2. The smallest absolute Gasteiger partial charge is 0.401 e. The summed E-state index contributed by atoms with van der Waals surface area (Å²) in [7, 11) is 0. The molecule has 0 aliphatic carbocycles. The average Bonchev–Trinajstić information content (AvgIpc) is 2.24. The first-order valence-electron chi connectivity index (χ1n) is 6.43. The number of carboxylic acids is 1. The molecule has 4 nitrogen and oxygen atoms in total. The van der Waals surface area contributed by atoms with E-state index in [0.29, 0.717) is 19.5 Å². The van der Waals surface area contributed by atoms with E-state index in [2.05, 4.69) is 5.32 Å². The van der Waals surface area contributed by atoms with Gasteiger partial charge in [-0.2, -0.15) is 13.2 Å². The molecular formula is C12H21F3N2O2. The van der Waals surface area contributed by atoms with Gasteiger partial charge in [0.15, 0.2) is 0 Å². The van der Waals surface area contributed by atoms with E-state index in [-0.39, 0.29) is 24.4 Å². The molecule has 0 aromatic carbocycles. The topological polar surface area (TPSA) is 52.6 Å². The Hall–Kier alpha value is -0.820. The molecule has 112 valence electrons.